The van der Waals surface area contributed by atoms with Gasteiger partial charge in [0.15, 0.2) is 0 Å². The molecule has 0 atom stereocenters. The number of anilines is 1. The van der Waals surface area contributed by atoms with Crippen LogP contribution in [0.3, 0.4) is 0 Å². The molecular weight excluding hydrogens is 267 g/mol. The van der Waals surface area contributed by atoms with E-state index in [2.05, 4.69) is 4.72 Å². The molecule has 1 N–H and O–H groups in total. The van der Waals surface area contributed by atoms with Crippen LogP contribution in [0.25, 0.3) is 0 Å². The largest absolute Gasteiger partial charge is 0.280 e. The Hall–Kier alpha value is -2.39. The van der Waals surface area contributed by atoms with E-state index in [0.29, 0.717) is 0 Å². The first-order chi connectivity index (χ1) is 9.03. The number of rotatable bonds is 3. The molecule has 0 aliphatic rings. The van der Waals surface area contributed by atoms with Crippen LogP contribution in [0, 0.1) is 17.1 Å². The molecular formula is C13H9FN2O2S. The highest BCUT2D eigenvalue weighted by Gasteiger charge is 2.18. The van der Waals surface area contributed by atoms with Gasteiger partial charge in [-0.2, -0.15) is 5.26 Å². The Kier molecular flexibility index (Phi) is 3.49. The molecule has 96 valence electrons. The summed E-state index contributed by atoms with van der Waals surface area (Å²) in [7, 11) is -3.86. The predicted octanol–water partition coefficient (Wildman–Crippen LogP) is 2.50. The van der Waals surface area contributed by atoms with E-state index in [1.165, 1.54) is 30.3 Å². The van der Waals surface area contributed by atoms with Crippen LogP contribution >= 0.6 is 0 Å². The monoisotopic (exact) mass is 276 g/mol. The van der Waals surface area contributed by atoms with Crippen molar-refractivity contribution in [2.75, 3.05) is 4.72 Å². The van der Waals surface area contributed by atoms with Crippen molar-refractivity contribution in [3.8, 4) is 6.07 Å². The van der Waals surface area contributed by atoms with E-state index < -0.39 is 15.8 Å². The Morgan fingerprint density at radius 3 is 2.32 bits per heavy atom. The lowest BCUT2D eigenvalue weighted by atomic mass is 10.2. The van der Waals surface area contributed by atoms with Crippen LogP contribution in [0.15, 0.2) is 53.4 Å². The first-order valence-electron chi connectivity index (χ1n) is 5.30. The molecule has 0 saturated carbocycles. The second kappa shape index (κ2) is 5.08. The van der Waals surface area contributed by atoms with Crippen molar-refractivity contribution in [2.24, 2.45) is 0 Å². The lowest BCUT2D eigenvalue weighted by Crippen LogP contribution is -2.14. The summed E-state index contributed by atoms with van der Waals surface area (Å²) < 4.78 is 39.3. The minimum atomic E-state index is -3.86. The summed E-state index contributed by atoms with van der Waals surface area (Å²) >= 11 is 0. The van der Waals surface area contributed by atoms with Gasteiger partial charge in [-0.1, -0.05) is 12.1 Å². The summed E-state index contributed by atoms with van der Waals surface area (Å²) in [6, 6.07) is 12.6. The molecule has 0 radical (unpaired) electrons. The van der Waals surface area contributed by atoms with Gasteiger partial charge >= 0.3 is 0 Å². The third-order valence-corrected chi connectivity index (χ3v) is 3.83. The highest BCUT2D eigenvalue weighted by atomic mass is 32.2. The molecule has 0 aliphatic heterocycles. The fourth-order valence-electron chi connectivity index (χ4n) is 1.52. The highest BCUT2D eigenvalue weighted by molar-refractivity contribution is 7.92. The van der Waals surface area contributed by atoms with Gasteiger partial charge in [-0.3, -0.25) is 4.72 Å². The predicted molar refractivity (Wildman–Crippen MR) is 68.4 cm³/mol. The normalized spacial score (nSPS) is 10.7. The zero-order chi connectivity index (χ0) is 13.9. The average Bonchev–Trinajstić information content (AvgIpc) is 2.41. The SMILES string of the molecule is N#Cc1ccccc1S(=O)(=O)Nc1ccc(F)cc1. The molecule has 4 nitrogen and oxygen atoms in total. The zero-order valence-corrected chi connectivity index (χ0v) is 10.5. The molecule has 2 aromatic rings. The van der Waals surface area contributed by atoms with E-state index in [1.54, 1.807) is 6.07 Å². The number of nitriles is 1. The van der Waals surface area contributed by atoms with Gasteiger partial charge in [0, 0.05) is 5.69 Å². The van der Waals surface area contributed by atoms with Gasteiger partial charge in [0.25, 0.3) is 10.0 Å². The Bertz CT molecular complexity index is 734. The van der Waals surface area contributed by atoms with Crippen LogP contribution in [0.1, 0.15) is 5.56 Å². The number of benzene rings is 2. The molecule has 0 spiro atoms. The highest BCUT2D eigenvalue weighted by Crippen LogP contribution is 2.19. The average molecular weight is 276 g/mol. The third-order valence-electron chi connectivity index (χ3n) is 2.39. The number of nitrogens with one attached hydrogen (secondary N) is 1. The van der Waals surface area contributed by atoms with Crippen LogP contribution in [0.5, 0.6) is 0 Å². The van der Waals surface area contributed by atoms with Crippen LogP contribution in [-0.2, 0) is 10.0 Å². The molecule has 0 amide bonds. The van der Waals surface area contributed by atoms with E-state index in [9.17, 15) is 12.8 Å². The number of hydrogen-bond donors (Lipinski definition) is 1. The smallest absolute Gasteiger partial charge is 0.263 e. The van der Waals surface area contributed by atoms with E-state index in [-0.39, 0.29) is 16.1 Å². The Balaban J connectivity index is 2.38. The molecule has 2 rings (SSSR count). The molecule has 19 heavy (non-hydrogen) atoms. The minimum absolute atomic E-state index is 0.0529. The first kappa shape index (κ1) is 13.1. The van der Waals surface area contributed by atoms with Gasteiger partial charge in [-0.05, 0) is 36.4 Å². The molecule has 0 bridgehead atoms. The number of halogens is 1. The number of hydrogen-bond acceptors (Lipinski definition) is 3. The molecule has 0 fully saturated rings. The van der Waals surface area contributed by atoms with Gasteiger partial charge in [-0.15, -0.1) is 0 Å². The van der Waals surface area contributed by atoms with Crippen molar-refractivity contribution in [3.63, 3.8) is 0 Å². The van der Waals surface area contributed by atoms with E-state index in [4.69, 9.17) is 5.26 Å². The lowest BCUT2D eigenvalue weighted by Gasteiger charge is -2.09. The van der Waals surface area contributed by atoms with E-state index in [0.717, 1.165) is 12.1 Å². The Morgan fingerprint density at radius 1 is 1.05 bits per heavy atom. The summed E-state index contributed by atoms with van der Waals surface area (Å²) in [6.07, 6.45) is 0. The number of sulfonamides is 1. The van der Waals surface area contributed by atoms with Crippen LogP contribution in [0.4, 0.5) is 10.1 Å². The fourth-order valence-corrected chi connectivity index (χ4v) is 2.74. The topological polar surface area (TPSA) is 70.0 Å². The minimum Gasteiger partial charge on any atom is -0.280 e. The standard InChI is InChI=1S/C13H9FN2O2S/c14-11-5-7-12(8-6-11)16-19(17,18)13-4-2-1-3-10(13)9-15/h1-8,16H. The van der Waals surface area contributed by atoms with Gasteiger partial charge in [-0.25, -0.2) is 12.8 Å². The van der Waals surface area contributed by atoms with Gasteiger partial charge in [0.2, 0.25) is 0 Å². The molecule has 0 aliphatic carbocycles. The van der Waals surface area contributed by atoms with Gasteiger partial charge < -0.3 is 0 Å². The zero-order valence-electron chi connectivity index (χ0n) is 9.67. The molecule has 0 aromatic heterocycles. The molecule has 6 heteroatoms. The van der Waals surface area contributed by atoms with E-state index >= 15 is 0 Å². The third kappa shape index (κ3) is 2.89. The molecule has 0 saturated heterocycles. The lowest BCUT2D eigenvalue weighted by molar-refractivity contribution is 0.600. The Labute approximate surface area is 110 Å². The van der Waals surface area contributed by atoms with Crippen LogP contribution in [-0.4, -0.2) is 8.42 Å². The second-order valence-electron chi connectivity index (χ2n) is 3.72. The van der Waals surface area contributed by atoms with Crippen molar-refractivity contribution < 1.29 is 12.8 Å². The van der Waals surface area contributed by atoms with Crippen molar-refractivity contribution >= 4 is 15.7 Å². The maximum Gasteiger partial charge on any atom is 0.263 e. The summed E-state index contributed by atoms with van der Waals surface area (Å²) in [5, 5.41) is 8.89. The summed E-state index contributed by atoms with van der Waals surface area (Å²) in [4.78, 5) is -0.109. The van der Waals surface area contributed by atoms with Crippen LogP contribution in [0.2, 0.25) is 0 Å². The summed E-state index contributed by atoms with van der Waals surface area (Å²) in [5.74, 6) is -0.458. The maximum absolute atomic E-state index is 12.7. The quantitative estimate of drug-likeness (QED) is 0.936. The van der Waals surface area contributed by atoms with Crippen molar-refractivity contribution in [2.45, 2.75) is 4.90 Å². The van der Waals surface area contributed by atoms with Crippen molar-refractivity contribution in [1.29, 1.82) is 5.26 Å². The van der Waals surface area contributed by atoms with E-state index in [1.807, 2.05) is 6.07 Å². The van der Waals surface area contributed by atoms with Gasteiger partial charge in [0.05, 0.1) is 5.56 Å². The van der Waals surface area contributed by atoms with Crippen molar-refractivity contribution in [3.05, 3.63) is 59.9 Å². The molecule has 2 aromatic carbocycles. The van der Waals surface area contributed by atoms with Crippen molar-refractivity contribution in [1.82, 2.24) is 0 Å². The van der Waals surface area contributed by atoms with Crippen LogP contribution < -0.4 is 4.72 Å². The second-order valence-corrected chi connectivity index (χ2v) is 5.37. The van der Waals surface area contributed by atoms with Gasteiger partial charge in [0.1, 0.15) is 16.8 Å². The Morgan fingerprint density at radius 2 is 1.68 bits per heavy atom. The first-order valence-corrected chi connectivity index (χ1v) is 6.79. The number of nitrogens with zero attached hydrogens (tertiary/aromatic N) is 1. The summed E-state index contributed by atoms with van der Waals surface area (Å²) in [5.41, 5.74) is 0.284. The maximum atomic E-state index is 12.7. The summed E-state index contributed by atoms with van der Waals surface area (Å²) in [6.45, 7) is 0. The fraction of sp³-hybridized carbons (Fsp3) is 0. The molecule has 0 unspecified atom stereocenters. The molecule has 0 heterocycles.